The Morgan fingerprint density at radius 3 is 1.03 bits per heavy atom. The largest absolute Gasteiger partial charge is 0.756 e. The highest BCUT2D eigenvalue weighted by atomic mass is 31.2. The molecule has 8 nitrogen and oxygen atoms in total. The molecule has 0 aromatic carbocycles. The first kappa shape index (κ1) is 84.2. The van der Waals surface area contributed by atoms with Gasteiger partial charge in [0.1, 0.15) is 13.2 Å². The van der Waals surface area contributed by atoms with Crippen LogP contribution in [-0.4, -0.2) is 68.5 Å². The van der Waals surface area contributed by atoms with E-state index in [1.807, 2.05) is 21.1 Å². The second kappa shape index (κ2) is 67.6. The SMILES string of the molecule is CC/C=C\C/C=C\C/C=C\C/C=C\C/C=C\CCCCCCCCCCCCCCCCCCCCCCCCCC(=O)NC(COP(=O)([O-])OCC[N+](C)(C)C)C(O)CCCCCCCCCCCCCCCCCCCCCCCCCCC. The van der Waals surface area contributed by atoms with Gasteiger partial charge in [0.05, 0.1) is 39.9 Å². The summed E-state index contributed by atoms with van der Waals surface area (Å²) in [5, 5.41) is 14.1. The molecule has 0 fully saturated rings. The number of phosphoric acid groups is 1. The van der Waals surface area contributed by atoms with Crippen LogP contribution in [0, 0.1) is 0 Å². The van der Waals surface area contributed by atoms with Crippen LogP contribution < -0.4 is 10.2 Å². The van der Waals surface area contributed by atoms with E-state index >= 15 is 0 Å². The van der Waals surface area contributed by atoms with Crippen molar-refractivity contribution in [3.8, 4) is 0 Å². The van der Waals surface area contributed by atoms with Gasteiger partial charge >= 0.3 is 0 Å². The zero-order valence-corrected chi connectivity index (χ0v) is 58.9. The Kier molecular flexibility index (Phi) is 66.2. The van der Waals surface area contributed by atoms with Gasteiger partial charge in [0, 0.05) is 6.42 Å². The van der Waals surface area contributed by atoms with Crippen molar-refractivity contribution in [1.29, 1.82) is 0 Å². The molecule has 9 heteroatoms. The molecule has 0 bridgehead atoms. The number of carbonyl (C=O) groups is 1. The summed E-state index contributed by atoms with van der Waals surface area (Å²) in [4.78, 5) is 25.7. The third kappa shape index (κ3) is 69.7. The number of unbranched alkanes of at least 4 members (excludes halogenated alkanes) is 47. The van der Waals surface area contributed by atoms with Gasteiger partial charge in [-0.25, -0.2) is 0 Å². The van der Waals surface area contributed by atoms with Crippen LogP contribution >= 0.6 is 7.82 Å². The van der Waals surface area contributed by atoms with Gasteiger partial charge in [-0.3, -0.25) is 9.36 Å². The van der Waals surface area contributed by atoms with Gasteiger partial charge in [-0.15, -0.1) is 0 Å². The van der Waals surface area contributed by atoms with Gasteiger partial charge in [0.2, 0.25) is 5.91 Å². The second-order valence-corrected chi connectivity index (χ2v) is 28.4. The third-order valence-corrected chi connectivity index (χ3v) is 18.2. The van der Waals surface area contributed by atoms with E-state index in [4.69, 9.17) is 9.05 Å². The molecule has 86 heavy (non-hydrogen) atoms. The van der Waals surface area contributed by atoms with E-state index in [1.165, 1.54) is 276 Å². The van der Waals surface area contributed by atoms with Crippen LogP contribution in [0.25, 0.3) is 0 Å². The molecule has 0 rings (SSSR count). The van der Waals surface area contributed by atoms with Gasteiger partial charge in [-0.1, -0.05) is 370 Å². The number of nitrogens with zero attached hydrogens (tertiary/aromatic N) is 1. The Bertz CT molecular complexity index is 1590. The molecule has 0 heterocycles. The lowest BCUT2D eigenvalue weighted by Gasteiger charge is -2.30. The number of phosphoric ester groups is 1. The van der Waals surface area contributed by atoms with Crippen LogP contribution in [0.5, 0.6) is 0 Å². The molecule has 0 spiro atoms. The van der Waals surface area contributed by atoms with Crippen molar-refractivity contribution >= 4 is 13.7 Å². The number of rotatable bonds is 70. The summed E-state index contributed by atoms with van der Waals surface area (Å²) in [5.74, 6) is -0.157. The minimum absolute atomic E-state index is 0.0139. The summed E-state index contributed by atoms with van der Waals surface area (Å²) in [5.41, 5.74) is 0. The Hall–Kier alpha value is -1.80. The molecule has 3 unspecified atom stereocenters. The van der Waals surface area contributed by atoms with E-state index < -0.39 is 20.0 Å². The number of allylic oxidation sites excluding steroid dienone is 10. The smallest absolute Gasteiger partial charge is 0.268 e. The van der Waals surface area contributed by atoms with Gasteiger partial charge < -0.3 is 28.8 Å². The van der Waals surface area contributed by atoms with Crippen molar-refractivity contribution in [3.63, 3.8) is 0 Å². The summed E-state index contributed by atoms with van der Waals surface area (Å²) < 4.78 is 23.6. The molecule has 0 saturated heterocycles. The van der Waals surface area contributed by atoms with Crippen molar-refractivity contribution in [1.82, 2.24) is 5.32 Å². The number of quaternary nitrogens is 1. The zero-order chi connectivity index (χ0) is 62.6. The molecule has 0 aromatic rings. The zero-order valence-electron chi connectivity index (χ0n) is 58.0. The minimum atomic E-state index is -4.58. The monoisotopic (exact) mass is 1230 g/mol. The van der Waals surface area contributed by atoms with Crippen molar-refractivity contribution in [2.75, 3.05) is 40.9 Å². The van der Waals surface area contributed by atoms with Crippen LogP contribution in [0.1, 0.15) is 373 Å². The molecule has 3 atom stereocenters. The first-order valence-electron chi connectivity index (χ1n) is 37.6. The number of likely N-dealkylation sites (N-methyl/N-ethyl adjacent to an activating group) is 1. The summed E-state index contributed by atoms with van der Waals surface area (Å²) >= 11 is 0. The maximum Gasteiger partial charge on any atom is 0.268 e. The average Bonchev–Trinajstić information content (AvgIpc) is 3.70. The fraction of sp³-hybridized carbons (Fsp3) is 0.857. The number of aliphatic hydroxyl groups is 1. The fourth-order valence-corrected chi connectivity index (χ4v) is 12.2. The Morgan fingerprint density at radius 1 is 0.419 bits per heavy atom. The highest BCUT2D eigenvalue weighted by molar-refractivity contribution is 7.45. The molecule has 0 aromatic heterocycles. The first-order chi connectivity index (χ1) is 42.0. The van der Waals surface area contributed by atoms with Crippen LogP contribution in [0.15, 0.2) is 60.8 Å². The number of amides is 1. The molecule has 0 aliphatic heterocycles. The highest BCUT2D eigenvalue weighted by Crippen LogP contribution is 2.38. The quantitative estimate of drug-likeness (QED) is 0.0272. The molecule has 0 aliphatic carbocycles. The summed E-state index contributed by atoms with van der Waals surface area (Å²) in [6.45, 7) is 4.66. The Morgan fingerprint density at radius 2 is 0.709 bits per heavy atom. The molecular weight excluding hydrogens is 1080 g/mol. The number of carbonyl (C=O) groups excluding carboxylic acids is 1. The fourth-order valence-electron chi connectivity index (χ4n) is 11.5. The van der Waals surface area contributed by atoms with Crippen LogP contribution in [0.3, 0.4) is 0 Å². The topological polar surface area (TPSA) is 108 Å². The molecule has 506 valence electrons. The lowest BCUT2D eigenvalue weighted by atomic mass is 10.0. The van der Waals surface area contributed by atoms with Gasteiger partial charge in [-0.05, 0) is 57.8 Å². The summed E-state index contributed by atoms with van der Waals surface area (Å²) in [6, 6.07) is -0.802. The molecule has 1 amide bonds. The predicted molar refractivity (Wildman–Crippen MR) is 376 cm³/mol. The summed E-state index contributed by atoms with van der Waals surface area (Å²) in [6.07, 6.45) is 93.2. The standard InChI is InChI=1S/C77H147N2O6P/c1-6-8-10-12-14-16-18-20-22-24-26-28-30-32-33-34-35-36-37-38-39-40-41-42-43-44-45-47-49-51-53-55-57-59-61-63-65-67-69-71-77(81)78-75(74-85-86(82,83)84-73-72-79(3,4)5)76(80)70-68-66-64-62-60-58-56-54-52-50-48-46-31-29-27-25-23-21-19-17-15-13-11-9-7-2/h8,10,14,16,20,22,26,28,32-33,75-76,80H,6-7,9,11-13,15,17-19,21,23-25,27,29-31,34-74H2,1-5H3,(H-,78,81,82,83)/b10-8-,16-14-,22-20-,28-26-,33-32-. The van der Waals surface area contributed by atoms with E-state index in [0.29, 0.717) is 23.9 Å². The number of hydrogen-bond acceptors (Lipinski definition) is 6. The molecule has 0 radical (unpaired) electrons. The van der Waals surface area contributed by atoms with E-state index in [9.17, 15) is 19.4 Å². The van der Waals surface area contributed by atoms with Crippen molar-refractivity contribution < 1.29 is 32.9 Å². The van der Waals surface area contributed by atoms with E-state index in [1.54, 1.807) is 0 Å². The van der Waals surface area contributed by atoms with Crippen LogP contribution in [0.2, 0.25) is 0 Å². The second-order valence-electron chi connectivity index (χ2n) is 27.0. The summed E-state index contributed by atoms with van der Waals surface area (Å²) in [7, 11) is 1.32. The van der Waals surface area contributed by atoms with Crippen LogP contribution in [0.4, 0.5) is 0 Å². The predicted octanol–water partition coefficient (Wildman–Crippen LogP) is 23.7. The van der Waals surface area contributed by atoms with E-state index in [2.05, 4.69) is 79.9 Å². The lowest BCUT2D eigenvalue weighted by Crippen LogP contribution is -2.46. The minimum Gasteiger partial charge on any atom is -0.756 e. The highest BCUT2D eigenvalue weighted by Gasteiger charge is 2.24. The third-order valence-electron chi connectivity index (χ3n) is 17.3. The average molecular weight is 1230 g/mol. The van der Waals surface area contributed by atoms with Gasteiger partial charge in [0.15, 0.2) is 0 Å². The molecule has 0 saturated carbocycles. The lowest BCUT2D eigenvalue weighted by molar-refractivity contribution is -0.870. The van der Waals surface area contributed by atoms with Crippen molar-refractivity contribution in [2.45, 2.75) is 386 Å². The molecule has 2 N–H and O–H groups in total. The number of aliphatic hydroxyl groups excluding tert-OH is 1. The van der Waals surface area contributed by atoms with E-state index in [0.717, 1.165) is 70.6 Å². The Labute approximate surface area is 536 Å². The molecular formula is C77H147N2O6P. The maximum atomic E-state index is 13.1. The van der Waals surface area contributed by atoms with Gasteiger partial charge in [0.25, 0.3) is 7.82 Å². The number of nitrogens with one attached hydrogen (secondary N) is 1. The van der Waals surface area contributed by atoms with Gasteiger partial charge in [-0.2, -0.15) is 0 Å². The van der Waals surface area contributed by atoms with E-state index in [-0.39, 0.29) is 19.1 Å². The number of hydrogen-bond donors (Lipinski definition) is 2. The normalized spacial score (nSPS) is 13.9. The molecule has 0 aliphatic rings. The van der Waals surface area contributed by atoms with Crippen LogP contribution in [-0.2, 0) is 18.4 Å². The Balaban J connectivity index is 3.93. The van der Waals surface area contributed by atoms with Crippen molar-refractivity contribution in [2.24, 2.45) is 0 Å². The van der Waals surface area contributed by atoms with Crippen molar-refractivity contribution in [3.05, 3.63) is 60.8 Å². The first-order valence-corrected chi connectivity index (χ1v) is 39.1. The maximum absolute atomic E-state index is 13.1.